The summed E-state index contributed by atoms with van der Waals surface area (Å²) in [5.74, 6) is -2.99. The predicted molar refractivity (Wildman–Crippen MR) is 170 cm³/mol. The van der Waals surface area contributed by atoms with Gasteiger partial charge in [-0.05, 0) is 51.0 Å². The summed E-state index contributed by atoms with van der Waals surface area (Å²) in [6.45, 7) is 12.5. The number of ether oxygens (including phenoxy) is 2. The molecular weight excluding hydrogens is 574 g/mol. The van der Waals surface area contributed by atoms with Gasteiger partial charge in [-0.15, -0.1) is 13.2 Å². The van der Waals surface area contributed by atoms with Gasteiger partial charge in [0.05, 0.1) is 24.0 Å². The number of carbonyl (C=O) groups is 4. The summed E-state index contributed by atoms with van der Waals surface area (Å²) in [5, 5.41) is 12.4. The molecule has 45 heavy (non-hydrogen) atoms. The lowest BCUT2D eigenvalue weighted by atomic mass is 9.70. The van der Waals surface area contributed by atoms with E-state index in [1.807, 2.05) is 30.3 Å². The number of amides is 3. The van der Waals surface area contributed by atoms with Gasteiger partial charge in [-0.2, -0.15) is 0 Å². The molecule has 3 aliphatic heterocycles. The molecule has 7 atom stereocenters. The highest BCUT2D eigenvalue weighted by molar-refractivity contribution is 5.98. The number of aliphatic hydroxyl groups excluding tert-OH is 1. The third kappa shape index (κ3) is 7.17. The highest BCUT2D eigenvalue weighted by atomic mass is 16.6. The lowest BCUT2D eigenvalue weighted by Gasteiger charge is -2.37. The molecule has 3 heterocycles. The zero-order chi connectivity index (χ0) is 32.6. The molecule has 10 heteroatoms. The molecule has 0 unspecified atom stereocenters. The van der Waals surface area contributed by atoms with Crippen molar-refractivity contribution in [2.45, 2.75) is 95.1 Å². The van der Waals surface area contributed by atoms with Crippen molar-refractivity contribution in [2.75, 3.05) is 26.2 Å². The first-order valence-corrected chi connectivity index (χ1v) is 16.4. The molecule has 2 N–H and O–H groups in total. The molecular formula is C35H49N3O7. The second-order valence-electron chi connectivity index (χ2n) is 12.4. The Kier molecular flexibility index (Phi) is 12.0. The molecule has 0 radical (unpaired) electrons. The molecule has 3 saturated heterocycles. The number of aliphatic hydroxyl groups is 1. The molecule has 1 spiro atoms. The summed E-state index contributed by atoms with van der Waals surface area (Å²) in [4.78, 5) is 58.5. The molecule has 2 bridgehead atoms. The van der Waals surface area contributed by atoms with Crippen LogP contribution in [-0.2, 0) is 28.7 Å². The summed E-state index contributed by atoms with van der Waals surface area (Å²) < 4.78 is 12.8. The molecule has 1 aromatic carbocycles. The standard InChI is InChI=1S/C35H49N3O7/c1-5-8-17-27(40)36-24(4)30(25-15-11-10-12-16-25)44-34(43)28-26-18-19-35(45-26)29(28)32(41)38(22-13-14-23-39)31(35)33(42)37(20-7-3)21-9-6-2/h5,7,10-12,15-16,24,26,28-31,39H,1,3,6,8-9,13-14,17-23H2,2,4H3,(H,36,40)/t24-,26-,28+,29+,30-,31-,35+/m0/s1. The molecule has 0 saturated carbocycles. The van der Waals surface area contributed by atoms with Gasteiger partial charge in [-0.3, -0.25) is 19.2 Å². The molecule has 3 aliphatic rings. The van der Waals surface area contributed by atoms with E-state index in [0.717, 1.165) is 12.8 Å². The maximum absolute atomic E-state index is 14.3. The van der Waals surface area contributed by atoms with Crippen molar-refractivity contribution in [3.63, 3.8) is 0 Å². The Morgan fingerprint density at radius 3 is 2.62 bits per heavy atom. The van der Waals surface area contributed by atoms with Crippen molar-refractivity contribution in [2.24, 2.45) is 11.8 Å². The Bertz CT molecular complexity index is 1220. The van der Waals surface area contributed by atoms with Gasteiger partial charge >= 0.3 is 5.97 Å². The number of fused-ring (bicyclic) bond motifs is 1. The predicted octanol–water partition coefficient (Wildman–Crippen LogP) is 3.70. The average molecular weight is 624 g/mol. The van der Waals surface area contributed by atoms with Crippen LogP contribution in [0.5, 0.6) is 0 Å². The molecule has 3 fully saturated rings. The van der Waals surface area contributed by atoms with Crippen molar-refractivity contribution < 1.29 is 33.8 Å². The number of hydrogen-bond acceptors (Lipinski definition) is 7. The van der Waals surface area contributed by atoms with Crippen molar-refractivity contribution in [1.29, 1.82) is 0 Å². The number of nitrogens with one attached hydrogen (secondary N) is 1. The first-order valence-electron chi connectivity index (χ1n) is 16.4. The maximum atomic E-state index is 14.3. The second-order valence-corrected chi connectivity index (χ2v) is 12.4. The molecule has 10 nitrogen and oxygen atoms in total. The molecule has 4 rings (SSSR count). The van der Waals surface area contributed by atoms with Crippen LogP contribution in [0.25, 0.3) is 0 Å². The van der Waals surface area contributed by atoms with Crippen LogP contribution in [0, 0.1) is 11.8 Å². The van der Waals surface area contributed by atoms with Crippen LogP contribution >= 0.6 is 0 Å². The largest absolute Gasteiger partial charge is 0.455 e. The summed E-state index contributed by atoms with van der Waals surface area (Å²) in [6, 6.07) is 7.80. The summed E-state index contributed by atoms with van der Waals surface area (Å²) in [6.07, 6.45) is 6.52. The molecule has 0 aliphatic carbocycles. The first kappa shape index (κ1) is 34.4. The van der Waals surface area contributed by atoms with Gasteiger partial charge in [0.1, 0.15) is 17.7 Å². The van der Waals surface area contributed by atoms with Crippen LogP contribution in [0.15, 0.2) is 55.6 Å². The number of carbonyl (C=O) groups excluding carboxylic acids is 4. The van der Waals surface area contributed by atoms with E-state index in [-0.39, 0.29) is 37.3 Å². The summed E-state index contributed by atoms with van der Waals surface area (Å²) in [7, 11) is 0. The fourth-order valence-corrected chi connectivity index (χ4v) is 7.24. The van der Waals surface area contributed by atoms with E-state index in [0.29, 0.717) is 50.8 Å². The van der Waals surface area contributed by atoms with E-state index in [2.05, 4.69) is 25.4 Å². The number of esters is 1. The van der Waals surface area contributed by atoms with Crippen molar-refractivity contribution in [3.8, 4) is 0 Å². The van der Waals surface area contributed by atoms with Crippen LogP contribution in [0.2, 0.25) is 0 Å². The lowest BCUT2D eigenvalue weighted by molar-refractivity contribution is -0.162. The van der Waals surface area contributed by atoms with Crippen molar-refractivity contribution in [1.82, 2.24) is 15.1 Å². The van der Waals surface area contributed by atoms with E-state index in [1.165, 1.54) is 0 Å². The highest BCUT2D eigenvalue weighted by Crippen LogP contribution is 2.59. The van der Waals surface area contributed by atoms with Crippen LogP contribution < -0.4 is 5.32 Å². The van der Waals surface area contributed by atoms with Gasteiger partial charge in [-0.25, -0.2) is 0 Å². The quantitative estimate of drug-likeness (QED) is 0.145. The Morgan fingerprint density at radius 2 is 1.96 bits per heavy atom. The Hall–Kier alpha value is -3.50. The minimum Gasteiger partial charge on any atom is -0.455 e. The second kappa shape index (κ2) is 15.7. The van der Waals surface area contributed by atoms with Crippen LogP contribution in [0.4, 0.5) is 0 Å². The maximum Gasteiger partial charge on any atom is 0.313 e. The zero-order valence-electron chi connectivity index (χ0n) is 26.7. The number of allylic oxidation sites excluding steroid dienone is 1. The van der Waals surface area contributed by atoms with Gasteiger partial charge in [-0.1, -0.05) is 55.8 Å². The number of benzene rings is 1. The van der Waals surface area contributed by atoms with Gasteiger partial charge in [0, 0.05) is 32.7 Å². The van der Waals surface area contributed by atoms with Crippen molar-refractivity contribution in [3.05, 3.63) is 61.2 Å². The third-order valence-corrected chi connectivity index (χ3v) is 9.35. The molecule has 246 valence electrons. The van der Waals surface area contributed by atoms with Gasteiger partial charge < -0.3 is 29.7 Å². The average Bonchev–Trinajstić information content (AvgIpc) is 3.68. The smallest absolute Gasteiger partial charge is 0.313 e. The molecule has 3 amide bonds. The highest BCUT2D eigenvalue weighted by Gasteiger charge is 2.75. The lowest BCUT2D eigenvalue weighted by Crippen LogP contribution is -2.56. The van der Waals surface area contributed by atoms with Gasteiger partial charge in [0.25, 0.3) is 0 Å². The van der Waals surface area contributed by atoms with E-state index in [4.69, 9.17) is 9.47 Å². The fraction of sp³-hybridized carbons (Fsp3) is 0.600. The van der Waals surface area contributed by atoms with Crippen LogP contribution in [-0.4, -0.2) is 88.6 Å². The summed E-state index contributed by atoms with van der Waals surface area (Å²) in [5.41, 5.74) is -0.422. The summed E-state index contributed by atoms with van der Waals surface area (Å²) >= 11 is 0. The Morgan fingerprint density at radius 1 is 1.20 bits per heavy atom. The SMILES string of the molecule is C=CCCC(=O)N[C@@H](C)[C@H](OC(=O)[C@@H]1[C@@H]2CC[C@]3(O2)[C@H](C(=O)N(CC=C)CCCC)N(CCCCO)C(=O)[C@@H]13)c1ccccc1. The number of nitrogens with zero attached hydrogens (tertiary/aromatic N) is 2. The van der Waals surface area contributed by atoms with Crippen LogP contribution in [0.3, 0.4) is 0 Å². The third-order valence-electron chi connectivity index (χ3n) is 9.35. The first-order chi connectivity index (χ1) is 21.7. The minimum absolute atomic E-state index is 0.0228. The van der Waals surface area contributed by atoms with E-state index in [9.17, 15) is 24.3 Å². The fourth-order valence-electron chi connectivity index (χ4n) is 7.24. The normalized spacial score (nSPS) is 26.2. The van der Waals surface area contributed by atoms with Crippen molar-refractivity contribution >= 4 is 23.7 Å². The Labute approximate surface area is 266 Å². The zero-order valence-corrected chi connectivity index (χ0v) is 26.7. The number of rotatable bonds is 18. The minimum atomic E-state index is -1.14. The number of unbranched alkanes of at least 4 members (excludes halogenated alkanes) is 2. The van der Waals surface area contributed by atoms with Crippen LogP contribution in [0.1, 0.15) is 76.9 Å². The van der Waals surface area contributed by atoms with Gasteiger partial charge in [0.2, 0.25) is 17.7 Å². The monoisotopic (exact) mass is 623 g/mol. The number of hydrogen-bond donors (Lipinski definition) is 2. The topological polar surface area (TPSA) is 125 Å². The number of likely N-dealkylation sites (tertiary alicyclic amines) is 1. The van der Waals surface area contributed by atoms with E-state index >= 15 is 0 Å². The van der Waals surface area contributed by atoms with E-state index in [1.54, 1.807) is 28.9 Å². The van der Waals surface area contributed by atoms with Gasteiger partial charge in [0.15, 0.2) is 0 Å². The molecule has 0 aromatic heterocycles. The Balaban J connectivity index is 1.64. The molecule has 1 aromatic rings. The van der Waals surface area contributed by atoms with E-state index < -0.39 is 47.7 Å².